The summed E-state index contributed by atoms with van der Waals surface area (Å²) in [5.74, 6) is 0.775. The summed E-state index contributed by atoms with van der Waals surface area (Å²) in [6, 6.07) is 14.2. The van der Waals surface area contributed by atoms with Crippen LogP contribution in [0.1, 0.15) is 18.9 Å². The Morgan fingerprint density at radius 1 is 1.14 bits per heavy atom. The zero-order valence-corrected chi connectivity index (χ0v) is 13.1. The minimum atomic E-state index is -0.412. The van der Waals surface area contributed by atoms with Gasteiger partial charge in [-0.3, -0.25) is 4.98 Å². The van der Waals surface area contributed by atoms with Crippen LogP contribution < -0.4 is 5.32 Å². The van der Waals surface area contributed by atoms with Crippen molar-refractivity contribution in [1.82, 2.24) is 10.3 Å². The molecule has 1 heterocycles. The highest BCUT2D eigenvalue weighted by Crippen LogP contribution is 2.29. The van der Waals surface area contributed by atoms with E-state index in [1.807, 2.05) is 30.3 Å². The van der Waals surface area contributed by atoms with Gasteiger partial charge in [-0.1, -0.05) is 37.3 Å². The average molecular weight is 302 g/mol. The maximum atomic E-state index is 10.0. The summed E-state index contributed by atoms with van der Waals surface area (Å²) in [6.07, 6.45) is 4.63. The molecule has 1 atom stereocenters. The molecule has 0 aliphatic heterocycles. The highest BCUT2D eigenvalue weighted by Gasteiger charge is 2.30. The van der Waals surface area contributed by atoms with E-state index < -0.39 is 5.54 Å². The molecule has 0 radical (unpaired) electrons. The van der Waals surface area contributed by atoms with E-state index in [4.69, 9.17) is 0 Å². The van der Waals surface area contributed by atoms with E-state index in [1.54, 1.807) is 24.2 Å². The fourth-order valence-corrected chi connectivity index (χ4v) is 3.28. The zero-order valence-electron chi connectivity index (χ0n) is 12.3. The molecule has 21 heavy (non-hydrogen) atoms. The topological polar surface area (TPSA) is 45.1 Å². The molecule has 2 rings (SSSR count). The van der Waals surface area contributed by atoms with Crippen LogP contribution in [0.3, 0.4) is 0 Å². The molecule has 0 aliphatic carbocycles. The van der Waals surface area contributed by atoms with Crippen molar-refractivity contribution < 1.29 is 5.11 Å². The van der Waals surface area contributed by atoms with Crippen LogP contribution in [0.4, 0.5) is 0 Å². The Labute approximate surface area is 130 Å². The van der Waals surface area contributed by atoms with Crippen molar-refractivity contribution in [2.24, 2.45) is 0 Å². The lowest BCUT2D eigenvalue weighted by atomic mass is 9.92. The first-order valence-electron chi connectivity index (χ1n) is 7.25. The van der Waals surface area contributed by atoms with Crippen LogP contribution in [0.2, 0.25) is 0 Å². The third-order valence-electron chi connectivity index (χ3n) is 3.44. The van der Waals surface area contributed by atoms with Gasteiger partial charge >= 0.3 is 0 Å². The zero-order chi connectivity index (χ0) is 15.0. The highest BCUT2D eigenvalue weighted by molar-refractivity contribution is 7.99. The molecule has 1 unspecified atom stereocenters. The summed E-state index contributed by atoms with van der Waals surface area (Å²) < 4.78 is 0. The van der Waals surface area contributed by atoms with Gasteiger partial charge in [-0.25, -0.2) is 0 Å². The van der Waals surface area contributed by atoms with E-state index in [1.165, 1.54) is 0 Å². The standard InChI is InChI=1S/C17H22N2OS/c1-2-10-19-17(13-20,15-6-4-3-5-7-15)14-21-16-8-11-18-12-9-16/h3-9,11-12,19-20H,2,10,13-14H2,1H3. The molecule has 0 spiro atoms. The van der Waals surface area contributed by atoms with Gasteiger partial charge < -0.3 is 10.4 Å². The van der Waals surface area contributed by atoms with Crippen LogP contribution in [0, 0.1) is 0 Å². The van der Waals surface area contributed by atoms with Crippen molar-refractivity contribution in [1.29, 1.82) is 0 Å². The lowest BCUT2D eigenvalue weighted by molar-refractivity contribution is 0.179. The van der Waals surface area contributed by atoms with Crippen molar-refractivity contribution in [3.05, 3.63) is 60.4 Å². The third kappa shape index (κ3) is 4.30. The second-order valence-corrected chi connectivity index (χ2v) is 6.05. The Hall–Kier alpha value is -1.36. The molecule has 3 nitrogen and oxygen atoms in total. The minimum absolute atomic E-state index is 0.0785. The Morgan fingerprint density at radius 2 is 1.86 bits per heavy atom. The van der Waals surface area contributed by atoms with Crippen LogP contribution in [0.15, 0.2) is 59.8 Å². The second-order valence-electron chi connectivity index (χ2n) is 5.00. The third-order valence-corrected chi connectivity index (χ3v) is 4.69. The van der Waals surface area contributed by atoms with E-state index in [2.05, 4.69) is 29.4 Å². The number of aromatic nitrogens is 1. The molecule has 0 saturated carbocycles. The fourth-order valence-electron chi connectivity index (χ4n) is 2.19. The van der Waals surface area contributed by atoms with E-state index in [-0.39, 0.29) is 6.61 Å². The average Bonchev–Trinajstić information content (AvgIpc) is 2.57. The summed E-state index contributed by atoms with van der Waals surface area (Å²) in [5.41, 5.74) is 0.716. The van der Waals surface area contributed by atoms with Gasteiger partial charge in [0.1, 0.15) is 0 Å². The van der Waals surface area contributed by atoms with Gasteiger partial charge in [-0.05, 0) is 30.7 Å². The molecule has 0 fully saturated rings. The largest absolute Gasteiger partial charge is 0.394 e. The Balaban J connectivity index is 2.18. The number of nitrogens with zero attached hydrogens (tertiary/aromatic N) is 1. The second kappa shape index (κ2) is 8.17. The number of pyridine rings is 1. The van der Waals surface area contributed by atoms with Crippen molar-refractivity contribution in [3.8, 4) is 0 Å². The summed E-state index contributed by atoms with van der Waals surface area (Å²) >= 11 is 1.73. The number of thioether (sulfide) groups is 1. The lowest BCUT2D eigenvalue weighted by Gasteiger charge is -2.33. The lowest BCUT2D eigenvalue weighted by Crippen LogP contribution is -2.48. The molecule has 1 aromatic heterocycles. The molecule has 2 aromatic rings. The first-order chi connectivity index (χ1) is 10.3. The normalized spacial score (nSPS) is 13.8. The van der Waals surface area contributed by atoms with E-state index in [0.717, 1.165) is 29.2 Å². The number of aliphatic hydroxyl groups is 1. The van der Waals surface area contributed by atoms with Gasteiger partial charge in [0, 0.05) is 23.0 Å². The summed E-state index contributed by atoms with van der Waals surface area (Å²) in [5, 5.41) is 13.6. The van der Waals surface area contributed by atoms with Gasteiger partial charge in [-0.15, -0.1) is 11.8 Å². The van der Waals surface area contributed by atoms with Crippen molar-refractivity contribution >= 4 is 11.8 Å². The molecule has 0 saturated heterocycles. The van der Waals surface area contributed by atoms with Gasteiger partial charge in [0.25, 0.3) is 0 Å². The maximum Gasteiger partial charge on any atom is 0.0764 e. The number of rotatable bonds is 8. The number of nitrogens with one attached hydrogen (secondary N) is 1. The molecular formula is C17H22N2OS. The van der Waals surface area contributed by atoms with Gasteiger partial charge in [0.2, 0.25) is 0 Å². The van der Waals surface area contributed by atoms with Gasteiger partial charge in [0.15, 0.2) is 0 Å². The predicted molar refractivity (Wildman–Crippen MR) is 88.5 cm³/mol. The SMILES string of the molecule is CCCNC(CO)(CSc1ccncc1)c1ccccc1. The number of benzene rings is 1. The van der Waals surface area contributed by atoms with Crippen LogP contribution in [-0.4, -0.2) is 29.0 Å². The molecule has 0 aliphatic rings. The number of hydrogen-bond donors (Lipinski definition) is 2. The Bertz CT molecular complexity index is 521. The first kappa shape index (κ1) is 16.0. The Morgan fingerprint density at radius 3 is 2.48 bits per heavy atom. The van der Waals surface area contributed by atoms with Crippen molar-refractivity contribution in [3.63, 3.8) is 0 Å². The Kier molecular flexibility index (Phi) is 6.23. The van der Waals surface area contributed by atoms with Crippen LogP contribution >= 0.6 is 11.8 Å². The number of hydrogen-bond acceptors (Lipinski definition) is 4. The molecule has 2 N–H and O–H groups in total. The van der Waals surface area contributed by atoms with Crippen LogP contribution in [-0.2, 0) is 5.54 Å². The molecule has 112 valence electrons. The smallest absolute Gasteiger partial charge is 0.0764 e. The first-order valence-corrected chi connectivity index (χ1v) is 8.23. The molecule has 0 bridgehead atoms. The number of aliphatic hydroxyl groups excluding tert-OH is 1. The summed E-state index contributed by atoms with van der Waals surface area (Å²) in [6.45, 7) is 3.09. The summed E-state index contributed by atoms with van der Waals surface area (Å²) in [7, 11) is 0. The predicted octanol–water partition coefficient (Wildman–Crippen LogP) is 3.06. The van der Waals surface area contributed by atoms with E-state index in [0.29, 0.717) is 0 Å². The monoisotopic (exact) mass is 302 g/mol. The quantitative estimate of drug-likeness (QED) is 0.736. The van der Waals surface area contributed by atoms with Gasteiger partial charge in [0.05, 0.1) is 12.1 Å². The molecule has 1 aromatic carbocycles. The highest BCUT2D eigenvalue weighted by atomic mass is 32.2. The van der Waals surface area contributed by atoms with E-state index in [9.17, 15) is 5.11 Å². The summed E-state index contributed by atoms with van der Waals surface area (Å²) in [4.78, 5) is 5.20. The maximum absolute atomic E-state index is 10.0. The van der Waals surface area contributed by atoms with Crippen molar-refractivity contribution in [2.75, 3.05) is 18.9 Å². The molecular weight excluding hydrogens is 280 g/mol. The van der Waals surface area contributed by atoms with Crippen LogP contribution in [0.25, 0.3) is 0 Å². The molecule has 0 amide bonds. The molecule has 4 heteroatoms. The fraction of sp³-hybridized carbons (Fsp3) is 0.353. The van der Waals surface area contributed by atoms with Crippen LogP contribution in [0.5, 0.6) is 0 Å². The van der Waals surface area contributed by atoms with Crippen molar-refractivity contribution in [2.45, 2.75) is 23.8 Å². The van der Waals surface area contributed by atoms with Gasteiger partial charge in [-0.2, -0.15) is 0 Å². The van der Waals surface area contributed by atoms with E-state index >= 15 is 0 Å². The minimum Gasteiger partial charge on any atom is -0.394 e.